The van der Waals surface area contributed by atoms with Crippen LogP contribution in [0.2, 0.25) is 5.02 Å². The summed E-state index contributed by atoms with van der Waals surface area (Å²) in [6, 6.07) is 15.6. The second kappa shape index (κ2) is 10.7. The number of nitrogens with one attached hydrogen (secondary N) is 1. The lowest BCUT2D eigenvalue weighted by Gasteiger charge is -2.30. The second-order valence-electron chi connectivity index (χ2n) is 10.3. The zero-order valence-electron chi connectivity index (χ0n) is 21.3. The molecular weight excluding hydrogens is 508 g/mol. The van der Waals surface area contributed by atoms with E-state index in [1.165, 1.54) is 16.2 Å². The average molecular weight is 539 g/mol. The van der Waals surface area contributed by atoms with Crippen molar-refractivity contribution in [1.82, 2.24) is 10.2 Å². The first-order valence-corrected chi connectivity index (χ1v) is 13.5. The Hall–Kier alpha value is -3.16. The lowest BCUT2D eigenvalue weighted by molar-refractivity contribution is -0.142. The van der Waals surface area contributed by atoms with Crippen molar-refractivity contribution < 1.29 is 19.5 Å². The molecule has 2 heterocycles. The van der Waals surface area contributed by atoms with E-state index in [-0.39, 0.29) is 11.2 Å². The molecule has 1 fully saturated rings. The number of carboxylic acids is 1. The van der Waals surface area contributed by atoms with Gasteiger partial charge in [-0.1, -0.05) is 74.8 Å². The molecule has 2 N–H and O–H groups in total. The third-order valence-corrected chi connectivity index (χ3v) is 8.06. The Morgan fingerprint density at radius 2 is 1.62 bits per heavy atom. The first-order chi connectivity index (χ1) is 17.5. The number of hydrogen-bond donors (Lipinski definition) is 2. The van der Waals surface area contributed by atoms with Gasteiger partial charge >= 0.3 is 12.0 Å². The molecule has 1 aromatic heterocycles. The zero-order valence-corrected chi connectivity index (χ0v) is 22.8. The number of thiophene rings is 1. The van der Waals surface area contributed by atoms with Crippen LogP contribution in [0.25, 0.3) is 0 Å². The summed E-state index contributed by atoms with van der Waals surface area (Å²) in [6.07, 6.45) is 0. The van der Waals surface area contributed by atoms with E-state index in [2.05, 4.69) is 26.1 Å². The van der Waals surface area contributed by atoms with E-state index in [0.29, 0.717) is 27.6 Å². The van der Waals surface area contributed by atoms with E-state index in [0.717, 1.165) is 5.56 Å². The maximum absolute atomic E-state index is 14.1. The summed E-state index contributed by atoms with van der Waals surface area (Å²) in [5.74, 6) is -2.91. The van der Waals surface area contributed by atoms with E-state index in [1.54, 1.807) is 43.3 Å². The number of carboxylic acid groups (broad SMARTS) is 1. The minimum Gasteiger partial charge on any atom is -0.480 e. The third kappa shape index (κ3) is 5.29. The Labute approximate surface area is 226 Å². The number of hydrogen-bond acceptors (Lipinski definition) is 4. The fourth-order valence-corrected chi connectivity index (χ4v) is 6.03. The lowest BCUT2D eigenvalue weighted by atomic mass is 9.76. The molecule has 1 aliphatic heterocycles. The highest BCUT2D eigenvalue weighted by Crippen LogP contribution is 2.51. The number of rotatable bonds is 6. The van der Waals surface area contributed by atoms with Crippen molar-refractivity contribution >= 4 is 40.7 Å². The maximum Gasteiger partial charge on any atom is 0.327 e. The van der Waals surface area contributed by atoms with Crippen LogP contribution in [0.4, 0.5) is 4.79 Å². The van der Waals surface area contributed by atoms with Crippen molar-refractivity contribution in [1.29, 1.82) is 0 Å². The summed E-state index contributed by atoms with van der Waals surface area (Å²) in [6.45, 7) is 8.41. The van der Waals surface area contributed by atoms with E-state index < -0.39 is 35.9 Å². The molecule has 6 nitrogen and oxygen atoms in total. The van der Waals surface area contributed by atoms with Crippen LogP contribution in [-0.2, 0) is 10.2 Å². The molecule has 194 valence electrons. The number of carbonyl (C=O) groups excluding carboxylic acids is 2. The number of urea groups is 1. The first kappa shape index (κ1) is 26.9. The summed E-state index contributed by atoms with van der Waals surface area (Å²) in [7, 11) is 0. The van der Waals surface area contributed by atoms with Gasteiger partial charge in [0.1, 0.15) is 6.04 Å². The van der Waals surface area contributed by atoms with E-state index in [1.807, 2.05) is 29.6 Å². The number of halogens is 1. The highest BCUT2D eigenvalue weighted by molar-refractivity contribution is 7.12. The molecule has 0 bridgehead atoms. The molecule has 0 spiro atoms. The summed E-state index contributed by atoms with van der Waals surface area (Å²) in [4.78, 5) is 42.3. The molecule has 0 aliphatic carbocycles. The number of nitrogens with zero attached hydrogens (tertiary/aromatic N) is 1. The van der Waals surface area contributed by atoms with Crippen LogP contribution >= 0.6 is 22.9 Å². The molecule has 8 heteroatoms. The zero-order chi connectivity index (χ0) is 26.9. The van der Waals surface area contributed by atoms with Crippen LogP contribution in [-0.4, -0.2) is 40.4 Å². The largest absolute Gasteiger partial charge is 0.480 e. The fourth-order valence-electron chi connectivity index (χ4n) is 5.19. The van der Waals surface area contributed by atoms with Gasteiger partial charge in [0.2, 0.25) is 0 Å². The molecular formula is C29H31ClN2O4S. The lowest BCUT2D eigenvalue weighted by Crippen LogP contribution is -2.48. The Bertz CT molecular complexity index is 1270. The number of carbonyl (C=O) groups is 3. The Morgan fingerprint density at radius 1 is 1.00 bits per heavy atom. The number of ketones is 1. The van der Waals surface area contributed by atoms with Crippen molar-refractivity contribution in [3.8, 4) is 0 Å². The van der Waals surface area contributed by atoms with Crippen molar-refractivity contribution in [3.05, 3.63) is 92.6 Å². The number of Topliss-reactive ketones (excluding diaryl/α,β-unsaturated/α-hetero) is 1. The summed E-state index contributed by atoms with van der Waals surface area (Å²) in [5, 5.41) is 15.6. The monoisotopic (exact) mass is 538 g/mol. The predicted molar refractivity (Wildman–Crippen MR) is 147 cm³/mol. The van der Waals surface area contributed by atoms with Gasteiger partial charge < -0.3 is 15.3 Å². The van der Waals surface area contributed by atoms with Gasteiger partial charge in [-0.15, -0.1) is 11.3 Å². The summed E-state index contributed by atoms with van der Waals surface area (Å²) in [5.41, 5.74) is 2.37. The average Bonchev–Trinajstić information content (AvgIpc) is 3.51. The highest BCUT2D eigenvalue weighted by atomic mass is 35.5. The summed E-state index contributed by atoms with van der Waals surface area (Å²) < 4.78 is 0. The van der Waals surface area contributed by atoms with Gasteiger partial charge in [-0.25, -0.2) is 9.59 Å². The summed E-state index contributed by atoms with van der Waals surface area (Å²) >= 11 is 7.46. The van der Waals surface area contributed by atoms with E-state index >= 15 is 0 Å². The van der Waals surface area contributed by atoms with Crippen molar-refractivity contribution in [2.45, 2.75) is 51.1 Å². The molecule has 3 aromatic rings. The normalized spacial score (nSPS) is 21.6. The first-order valence-electron chi connectivity index (χ1n) is 12.3. The van der Waals surface area contributed by atoms with Crippen LogP contribution in [0.5, 0.6) is 0 Å². The third-order valence-electron chi connectivity index (χ3n) is 6.92. The van der Waals surface area contributed by atoms with Crippen LogP contribution in [0.1, 0.15) is 66.0 Å². The van der Waals surface area contributed by atoms with Gasteiger partial charge in [0, 0.05) is 17.5 Å². The number of amides is 2. The van der Waals surface area contributed by atoms with Crippen LogP contribution in [0.15, 0.2) is 66.0 Å². The van der Waals surface area contributed by atoms with Gasteiger partial charge in [-0.2, -0.15) is 0 Å². The molecule has 2 aromatic carbocycles. The van der Waals surface area contributed by atoms with Gasteiger partial charge in [0.05, 0.1) is 16.8 Å². The highest BCUT2D eigenvalue weighted by Gasteiger charge is 2.57. The van der Waals surface area contributed by atoms with E-state index in [4.69, 9.17) is 11.6 Å². The number of aliphatic carboxylic acids is 1. The molecule has 4 unspecified atom stereocenters. The van der Waals surface area contributed by atoms with Crippen LogP contribution in [0.3, 0.4) is 0 Å². The molecule has 37 heavy (non-hydrogen) atoms. The van der Waals surface area contributed by atoms with Crippen molar-refractivity contribution in [3.63, 3.8) is 0 Å². The van der Waals surface area contributed by atoms with E-state index in [9.17, 15) is 19.5 Å². The number of likely N-dealkylation sites (tertiary alicyclic amines) is 1. The molecule has 1 aliphatic rings. The Balaban J connectivity index is 1.95. The molecule has 0 saturated carbocycles. The smallest absolute Gasteiger partial charge is 0.327 e. The molecule has 2 amide bonds. The molecule has 1 saturated heterocycles. The Morgan fingerprint density at radius 3 is 2.14 bits per heavy atom. The molecule has 4 atom stereocenters. The van der Waals surface area contributed by atoms with Crippen molar-refractivity contribution in [2.75, 3.05) is 6.54 Å². The SMILES string of the molecule is CCNC(=O)N1C(C(=O)O)C(c2ccc(C(C)(C)C)cc2)C(C(=O)c2cccs2)C1c1ccc(Cl)cc1. The second-order valence-corrected chi connectivity index (χ2v) is 11.7. The minimum atomic E-state index is -1.25. The predicted octanol–water partition coefficient (Wildman–Crippen LogP) is 6.52. The standard InChI is InChI=1S/C29H31ClN2O4S/c1-5-31-28(36)32-24(18-10-14-20(30)15-11-18)23(26(33)21-7-6-16-37-21)22(25(32)27(34)35)17-8-12-19(13-9-17)29(2,3)4/h6-16,22-25H,5H2,1-4H3,(H,31,36)(H,34,35). The van der Waals surface area contributed by atoms with Gasteiger partial charge in [-0.05, 0) is 52.6 Å². The van der Waals surface area contributed by atoms with Gasteiger partial charge in [0.15, 0.2) is 5.78 Å². The Kier molecular flexibility index (Phi) is 7.76. The quantitative estimate of drug-likeness (QED) is 0.350. The molecule has 4 rings (SSSR count). The van der Waals surface area contributed by atoms with Gasteiger partial charge in [0.25, 0.3) is 0 Å². The van der Waals surface area contributed by atoms with Gasteiger partial charge in [-0.3, -0.25) is 4.79 Å². The topological polar surface area (TPSA) is 86.7 Å². The number of benzene rings is 2. The van der Waals surface area contributed by atoms with Crippen LogP contribution < -0.4 is 5.32 Å². The maximum atomic E-state index is 14.1. The minimum absolute atomic E-state index is 0.0918. The molecule has 0 radical (unpaired) electrons. The van der Waals surface area contributed by atoms with Crippen LogP contribution in [0, 0.1) is 5.92 Å². The van der Waals surface area contributed by atoms with Crippen molar-refractivity contribution in [2.24, 2.45) is 5.92 Å². The fraction of sp³-hybridized carbons (Fsp3) is 0.345.